The van der Waals surface area contributed by atoms with Crippen molar-refractivity contribution in [1.29, 1.82) is 0 Å². The summed E-state index contributed by atoms with van der Waals surface area (Å²) in [6.07, 6.45) is -0.800. The molecule has 1 rings (SSSR count). The van der Waals surface area contributed by atoms with Gasteiger partial charge in [-0.1, -0.05) is 39.5 Å². The van der Waals surface area contributed by atoms with Crippen molar-refractivity contribution >= 4 is 27.5 Å². The van der Waals surface area contributed by atoms with Crippen LogP contribution in [0.5, 0.6) is 0 Å². The van der Waals surface area contributed by atoms with E-state index in [1.807, 2.05) is 6.07 Å². The second kappa shape index (κ2) is 4.66. The first-order valence-corrected chi connectivity index (χ1v) is 4.87. The van der Waals surface area contributed by atoms with Crippen molar-refractivity contribution in [3.63, 3.8) is 0 Å². The molecule has 0 aliphatic heterocycles. The van der Waals surface area contributed by atoms with Gasteiger partial charge in [0.1, 0.15) is 6.10 Å². The van der Waals surface area contributed by atoms with Gasteiger partial charge in [-0.25, -0.2) is 0 Å². The van der Waals surface area contributed by atoms with Crippen molar-refractivity contribution in [3.05, 3.63) is 33.3 Å². The quantitative estimate of drug-likeness (QED) is 0.768. The topological polar surface area (TPSA) is 20.2 Å². The maximum Gasteiger partial charge on any atom is 0.141 e. The molecule has 1 unspecified atom stereocenters. The highest BCUT2D eigenvalue weighted by Crippen LogP contribution is 2.25. The van der Waals surface area contributed by atoms with E-state index >= 15 is 0 Å². The van der Waals surface area contributed by atoms with Crippen molar-refractivity contribution < 1.29 is 5.11 Å². The first-order valence-electron chi connectivity index (χ1n) is 3.70. The third kappa shape index (κ3) is 2.73. The molecule has 0 aliphatic rings. The Bertz CT molecular complexity index is 365. The largest absolute Gasteiger partial charge is 0.376 e. The summed E-state index contributed by atoms with van der Waals surface area (Å²) in [6, 6.07) is 5.31. The molecule has 0 saturated carbocycles. The third-order valence-electron chi connectivity index (χ3n) is 1.54. The van der Waals surface area contributed by atoms with Crippen molar-refractivity contribution in [2.24, 2.45) is 0 Å². The summed E-state index contributed by atoms with van der Waals surface area (Å²) in [7, 11) is 0. The highest BCUT2D eigenvalue weighted by molar-refractivity contribution is 9.10. The molecule has 0 bridgehead atoms. The summed E-state index contributed by atoms with van der Waals surface area (Å²) in [5.74, 6) is 5.27. The Morgan fingerprint density at radius 1 is 1.54 bits per heavy atom. The SMILES string of the molecule is CC#CC(O)c1ccc(Br)cc1Cl. The summed E-state index contributed by atoms with van der Waals surface area (Å²) >= 11 is 9.18. The van der Waals surface area contributed by atoms with Gasteiger partial charge in [0.2, 0.25) is 0 Å². The second-order valence-electron chi connectivity index (χ2n) is 2.46. The molecule has 68 valence electrons. The van der Waals surface area contributed by atoms with Gasteiger partial charge < -0.3 is 5.11 Å². The molecule has 0 heterocycles. The fraction of sp³-hybridized carbons (Fsp3) is 0.200. The molecule has 0 amide bonds. The van der Waals surface area contributed by atoms with Gasteiger partial charge in [-0.3, -0.25) is 0 Å². The third-order valence-corrected chi connectivity index (χ3v) is 2.36. The van der Waals surface area contributed by atoms with Gasteiger partial charge in [0.05, 0.1) is 0 Å². The number of rotatable bonds is 1. The van der Waals surface area contributed by atoms with E-state index in [-0.39, 0.29) is 0 Å². The minimum Gasteiger partial charge on any atom is -0.376 e. The van der Waals surface area contributed by atoms with Gasteiger partial charge in [-0.05, 0) is 19.1 Å². The molecule has 1 N–H and O–H groups in total. The van der Waals surface area contributed by atoms with Crippen LogP contribution >= 0.6 is 27.5 Å². The van der Waals surface area contributed by atoms with Crippen LogP contribution in [0.2, 0.25) is 5.02 Å². The van der Waals surface area contributed by atoms with Crippen molar-refractivity contribution in [2.75, 3.05) is 0 Å². The molecule has 1 aromatic rings. The Morgan fingerprint density at radius 2 is 2.23 bits per heavy atom. The molecule has 0 aliphatic carbocycles. The molecule has 1 atom stereocenters. The van der Waals surface area contributed by atoms with Crippen molar-refractivity contribution in [3.8, 4) is 11.8 Å². The Balaban J connectivity index is 3.06. The molecule has 3 heteroatoms. The van der Waals surface area contributed by atoms with Crippen LogP contribution in [-0.4, -0.2) is 5.11 Å². The molecule has 1 nitrogen and oxygen atoms in total. The summed E-state index contributed by atoms with van der Waals surface area (Å²) in [5.41, 5.74) is 0.638. The lowest BCUT2D eigenvalue weighted by atomic mass is 10.1. The standard InChI is InChI=1S/C10H8BrClO/c1-2-3-10(13)8-5-4-7(11)6-9(8)12/h4-6,10,13H,1H3. The molecule has 13 heavy (non-hydrogen) atoms. The maximum absolute atomic E-state index is 9.52. The van der Waals surface area contributed by atoms with Gasteiger partial charge in [0, 0.05) is 15.1 Å². The van der Waals surface area contributed by atoms with Crippen LogP contribution in [0, 0.1) is 11.8 Å². The van der Waals surface area contributed by atoms with Gasteiger partial charge in [-0.15, -0.1) is 5.92 Å². The lowest BCUT2D eigenvalue weighted by molar-refractivity contribution is 0.238. The Morgan fingerprint density at radius 3 is 2.77 bits per heavy atom. The predicted molar refractivity (Wildman–Crippen MR) is 57.6 cm³/mol. The van der Waals surface area contributed by atoms with Crippen LogP contribution in [0.15, 0.2) is 22.7 Å². The summed E-state index contributed by atoms with van der Waals surface area (Å²) in [4.78, 5) is 0. The fourth-order valence-corrected chi connectivity index (χ4v) is 1.71. The van der Waals surface area contributed by atoms with Crippen LogP contribution in [0.1, 0.15) is 18.6 Å². The van der Waals surface area contributed by atoms with E-state index in [1.165, 1.54) is 0 Å². The van der Waals surface area contributed by atoms with Gasteiger partial charge >= 0.3 is 0 Å². The summed E-state index contributed by atoms with van der Waals surface area (Å²) in [6.45, 7) is 1.68. The Labute approximate surface area is 90.9 Å². The molecule has 0 spiro atoms. The first-order chi connectivity index (χ1) is 6.15. The van der Waals surface area contributed by atoms with Gasteiger partial charge in [0.25, 0.3) is 0 Å². The molecular formula is C10H8BrClO. The van der Waals surface area contributed by atoms with Crippen LogP contribution in [0.25, 0.3) is 0 Å². The predicted octanol–water partition coefficient (Wildman–Crippen LogP) is 3.16. The van der Waals surface area contributed by atoms with Crippen molar-refractivity contribution in [1.82, 2.24) is 0 Å². The van der Waals surface area contributed by atoms with E-state index in [4.69, 9.17) is 11.6 Å². The number of hydrogen-bond donors (Lipinski definition) is 1. The Kier molecular flexibility index (Phi) is 3.80. The number of aliphatic hydroxyl groups excluding tert-OH is 1. The zero-order valence-corrected chi connectivity index (χ0v) is 9.35. The molecular weight excluding hydrogens is 251 g/mol. The molecule has 0 fully saturated rings. The van der Waals surface area contributed by atoms with E-state index in [9.17, 15) is 5.11 Å². The monoisotopic (exact) mass is 258 g/mol. The summed E-state index contributed by atoms with van der Waals surface area (Å²) in [5, 5.41) is 10.0. The Hall–Kier alpha value is -0.490. The van der Waals surface area contributed by atoms with Crippen LogP contribution in [0.3, 0.4) is 0 Å². The van der Waals surface area contributed by atoms with E-state index in [0.29, 0.717) is 10.6 Å². The number of aliphatic hydroxyl groups is 1. The second-order valence-corrected chi connectivity index (χ2v) is 3.79. The van der Waals surface area contributed by atoms with E-state index in [1.54, 1.807) is 19.1 Å². The minimum absolute atomic E-state index is 0.518. The van der Waals surface area contributed by atoms with E-state index in [2.05, 4.69) is 27.8 Å². The zero-order chi connectivity index (χ0) is 9.84. The molecule has 0 radical (unpaired) electrons. The maximum atomic E-state index is 9.52. The van der Waals surface area contributed by atoms with Crippen molar-refractivity contribution in [2.45, 2.75) is 13.0 Å². The first kappa shape index (κ1) is 10.6. The average Bonchev–Trinajstić information content (AvgIpc) is 2.04. The molecule has 0 aromatic heterocycles. The lowest BCUT2D eigenvalue weighted by Crippen LogP contribution is -1.94. The highest BCUT2D eigenvalue weighted by atomic mass is 79.9. The highest BCUT2D eigenvalue weighted by Gasteiger charge is 2.08. The van der Waals surface area contributed by atoms with E-state index < -0.39 is 6.10 Å². The summed E-state index contributed by atoms with van der Waals surface area (Å²) < 4.78 is 0.887. The fourth-order valence-electron chi connectivity index (χ4n) is 0.938. The normalized spacial score (nSPS) is 11.7. The molecule has 0 saturated heterocycles. The van der Waals surface area contributed by atoms with Gasteiger partial charge in [-0.2, -0.15) is 0 Å². The van der Waals surface area contributed by atoms with Crippen LogP contribution in [-0.2, 0) is 0 Å². The average molecular weight is 260 g/mol. The number of halogens is 2. The van der Waals surface area contributed by atoms with Crippen LogP contribution in [0.4, 0.5) is 0 Å². The zero-order valence-electron chi connectivity index (χ0n) is 7.01. The number of hydrogen-bond acceptors (Lipinski definition) is 1. The lowest BCUT2D eigenvalue weighted by Gasteiger charge is -2.06. The van der Waals surface area contributed by atoms with Gasteiger partial charge in [0.15, 0.2) is 0 Å². The number of benzene rings is 1. The van der Waals surface area contributed by atoms with E-state index in [0.717, 1.165) is 4.47 Å². The van der Waals surface area contributed by atoms with Crippen LogP contribution < -0.4 is 0 Å². The minimum atomic E-state index is -0.800. The molecule has 1 aromatic carbocycles. The smallest absolute Gasteiger partial charge is 0.141 e.